The number of hydrogen-bond acceptors (Lipinski definition) is 3. The molecule has 0 aromatic heterocycles. The quantitative estimate of drug-likeness (QED) is 0.257. The molecular formula is C25H42O4. The first kappa shape index (κ1) is 25.6. The number of carboxylic acids is 1. The highest BCUT2D eigenvalue weighted by atomic mass is 16.5. The van der Waals surface area contributed by atoms with E-state index < -0.39 is 18.2 Å². The molecule has 0 aliphatic rings. The SMILES string of the molecule is CCCCCCCCCCCCCCC(O)CC(OCc1ccccc1)C(=O)O. The molecule has 166 valence electrons. The van der Waals surface area contributed by atoms with Crippen molar-refractivity contribution in [3.8, 4) is 0 Å². The zero-order chi connectivity index (χ0) is 21.2. The maximum Gasteiger partial charge on any atom is 0.332 e. The van der Waals surface area contributed by atoms with Gasteiger partial charge in [-0.05, 0) is 12.0 Å². The van der Waals surface area contributed by atoms with Crippen molar-refractivity contribution in [3.63, 3.8) is 0 Å². The molecule has 2 atom stereocenters. The molecule has 4 heteroatoms. The lowest BCUT2D eigenvalue weighted by molar-refractivity contribution is -0.153. The Kier molecular flexibility index (Phi) is 15.4. The van der Waals surface area contributed by atoms with Crippen molar-refractivity contribution in [2.45, 2.75) is 116 Å². The Morgan fingerprint density at radius 3 is 1.90 bits per heavy atom. The van der Waals surface area contributed by atoms with Crippen LogP contribution < -0.4 is 0 Å². The van der Waals surface area contributed by atoms with Crippen LogP contribution in [0.1, 0.15) is 102 Å². The molecule has 0 saturated carbocycles. The van der Waals surface area contributed by atoms with Gasteiger partial charge in [0.1, 0.15) is 0 Å². The van der Waals surface area contributed by atoms with Crippen molar-refractivity contribution in [1.82, 2.24) is 0 Å². The van der Waals surface area contributed by atoms with Gasteiger partial charge in [0.15, 0.2) is 6.10 Å². The first-order chi connectivity index (χ1) is 14.1. The van der Waals surface area contributed by atoms with Crippen molar-refractivity contribution in [2.24, 2.45) is 0 Å². The summed E-state index contributed by atoms with van der Waals surface area (Å²) >= 11 is 0. The molecule has 4 nitrogen and oxygen atoms in total. The van der Waals surface area contributed by atoms with Crippen LogP contribution in [0.15, 0.2) is 30.3 Å². The number of aliphatic hydroxyl groups is 1. The van der Waals surface area contributed by atoms with E-state index in [4.69, 9.17) is 4.74 Å². The molecule has 2 unspecified atom stereocenters. The van der Waals surface area contributed by atoms with Gasteiger partial charge in [-0.15, -0.1) is 0 Å². The number of ether oxygens (including phenoxy) is 1. The summed E-state index contributed by atoms with van der Waals surface area (Å²) in [6.45, 7) is 2.51. The van der Waals surface area contributed by atoms with E-state index in [1.54, 1.807) is 0 Å². The van der Waals surface area contributed by atoms with Crippen LogP contribution in [0.5, 0.6) is 0 Å². The highest BCUT2D eigenvalue weighted by Crippen LogP contribution is 2.15. The summed E-state index contributed by atoms with van der Waals surface area (Å²) in [6.07, 6.45) is 14.6. The van der Waals surface area contributed by atoms with Gasteiger partial charge in [0.05, 0.1) is 12.7 Å². The largest absolute Gasteiger partial charge is 0.479 e. The number of unbranched alkanes of at least 4 members (excludes halogenated alkanes) is 11. The van der Waals surface area contributed by atoms with Gasteiger partial charge in [0.2, 0.25) is 0 Å². The third-order valence-electron chi connectivity index (χ3n) is 5.45. The van der Waals surface area contributed by atoms with E-state index in [2.05, 4.69) is 6.92 Å². The van der Waals surface area contributed by atoms with Crippen molar-refractivity contribution in [2.75, 3.05) is 0 Å². The fourth-order valence-electron chi connectivity index (χ4n) is 3.60. The van der Waals surface area contributed by atoms with Crippen LogP contribution in [0.2, 0.25) is 0 Å². The minimum atomic E-state index is -1.00. The molecule has 1 aromatic carbocycles. The number of carbonyl (C=O) groups is 1. The number of hydrogen-bond donors (Lipinski definition) is 2. The third-order valence-corrected chi connectivity index (χ3v) is 5.45. The Hall–Kier alpha value is -1.39. The predicted molar refractivity (Wildman–Crippen MR) is 119 cm³/mol. The first-order valence-corrected chi connectivity index (χ1v) is 11.7. The Morgan fingerprint density at radius 1 is 0.862 bits per heavy atom. The van der Waals surface area contributed by atoms with Gasteiger partial charge in [-0.25, -0.2) is 4.79 Å². The Balaban J connectivity index is 2.02. The van der Waals surface area contributed by atoms with Crippen LogP contribution >= 0.6 is 0 Å². The second kappa shape index (κ2) is 17.5. The molecule has 0 aliphatic heterocycles. The second-order valence-corrected chi connectivity index (χ2v) is 8.19. The molecule has 0 saturated heterocycles. The molecule has 1 rings (SSSR count). The molecule has 0 aliphatic carbocycles. The van der Waals surface area contributed by atoms with Crippen molar-refractivity contribution in [3.05, 3.63) is 35.9 Å². The van der Waals surface area contributed by atoms with E-state index in [9.17, 15) is 15.0 Å². The summed E-state index contributed by atoms with van der Waals surface area (Å²) in [6, 6.07) is 9.52. The Bertz CT molecular complexity index is 503. The summed E-state index contributed by atoms with van der Waals surface area (Å²) in [4.78, 5) is 11.4. The van der Waals surface area contributed by atoms with E-state index in [1.165, 1.54) is 64.2 Å². The van der Waals surface area contributed by atoms with Gasteiger partial charge in [-0.3, -0.25) is 0 Å². The molecule has 0 bridgehead atoms. The zero-order valence-corrected chi connectivity index (χ0v) is 18.4. The Labute approximate surface area is 177 Å². The molecule has 0 heterocycles. The lowest BCUT2D eigenvalue weighted by atomic mass is 10.0. The molecule has 2 N–H and O–H groups in total. The van der Waals surface area contributed by atoms with Crippen LogP contribution in [-0.2, 0) is 16.1 Å². The summed E-state index contributed by atoms with van der Waals surface area (Å²) in [5.74, 6) is -1.00. The van der Waals surface area contributed by atoms with Gasteiger partial charge in [-0.1, -0.05) is 114 Å². The van der Waals surface area contributed by atoms with Gasteiger partial charge >= 0.3 is 5.97 Å². The van der Waals surface area contributed by atoms with Gasteiger partial charge in [0.25, 0.3) is 0 Å². The lowest BCUT2D eigenvalue weighted by Crippen LogP contribution is -2.28. The smallest absolute Gasteiger partial charge is 0.332 e. The summed E-state index contributed by atoms with van der Waals surface area (Å²) in [7, 11) is 0. The number of benzene rings is 1. The Morgan fingerprint density at radius 2 is 1.38 bits per heavy atom. The molecule has 0 radical (unpaired) electrons. The normalized spacial score (nSPS) is 13.3. The number of rotatable bonds is 19. The number of aliphatic hydroxyl groups excluding tert-OH is 1. The minimum absolute atomic E-state index is 0.153. The van der Waals surface area contributed by atoms with Crippen molar-refractivity contribution in [1.29, 1.82) is 0 Å². The fourth-order valence-corrected chi connectivity index (χ4v) is 3.60. The van der Waals surface area contributed by atoms with Crippen LogP contribution in [0.3, 0.4) is 0 Å². The molecule has 0 amide bonds. The second-order valence-electron chi connectivity index (χ2n) is 8.19. The van der Waals surface area contributed by atoms with Crippen LogP contribution in [0, 0.1) is 0 Å². The maximum atomic E-state index is 11.4. The van der Waals surface area contributed by atoms with Crippen LogP contribution in [0.4, 0.5) is 0 Å². The topological polar surface area (TPSA) is 66.8 Å². The molecule has 1 aromatic rings. The summed E-state index contributed by atoms with van der Waals surface area (Å²) < 4.78 is 5.51. The highest BCUT2D eigenvalue weighted by Gasteiger charge is 2.22. The standard InChI is InChI=1S/C25H42O4/c1-2-3-4-5-6-7-8-9-10-11-12-16-19-23(26)20-24(25(27)28)29-21-22-17-14-13-15-18-22/h13-15,17-18,23-24,26H,2-12,16,19-21H2,1H3,(H,27,28). The van der Waals surface area contributed by atoms with E-state index in [1.807, 2.05) is 30.3 Å². The third kappa shape index (κ3) is 14.3. The van der Waals surface area contributed by atoms with E-state index >= 15 is 0 Å². The average molecular weight is 407 g/mol. The van der Waals surface area contributed by atoms with Crippen molar-refractivity contribution >= 4 is 5.97 Å². The highest BCUT2D eigenvalue weighted by molar-refractivity contribution is 5.72. The number of carboxylic acid groups (broad SMARTS) is 1. The molecule has 0 spiro atoms. The summed E-state index contributed by atoms with van der Waals surface area (Å²) in [5.41, 5.74) is 0.939. The summed E-state index contributed by atoms with van der Waals surface area (Å²) in [5, 5.41) is 19.5. The first-order valence-electron chi connectivity index (χ1n) is 11.7. The van der Waals surface area contributed by atoms with E-state index in [0.717, 1.165) is 18.4 Å². The van der Waals surface area contributed by atoms with E-state index in [-0.39, 0.29) is 13.0 Å². The molecule has 0 fully saturated rings. The number of aliphatic carboxylic acids is 1. The predicted octanol–water partition coefficient (Wildman–Crippen LogP) is 6.50. The molecular weight excluding hydrogens is 364 g/mol. The van der Waals surface area contributed by atoms with Crippen molar-refractivity contribution < 1.29 is 19.7 Å². The zero-order valence-electron chi connectivity index (χ0n) is 18.4. The van der Waals surface area contributed by atoms with Crippen LogP contribution in [0.25, 0.3) is 0 Å². The monoisotopic (exact) mass is 406 g/mol. The van der Waals surface area contributed by atoms with E-state index in [0.29, 0.717) is 6.42 Å². The van der Waals surface area contributed by atoms with Crippen LogP contribution in [-0.4, -0.2) is 28.4 Å². The molecule has 29 heavy (non-hydrogen) atoms. The van der Waals surface area contributed by atoms with Gasteiger partial charge < -0.3 is 14.9 Å². The lowest BCUT2D eigenvalue weighted by Gasteiger charge is -2.17. The minimum Gasteiger partial charge on any atom is -0.479 e. The van der Waals surface area contributed by atoms with Gasteiger partial charge in [-0.2, -0.15) is 0 Å². The maximum absolute atomic E-state index is 11.4. The van der Waals surface area contributed by atoms with Gasteiger partial charge in [0, 0.05) is 6.42 Å². The average Bonchev–Trinajstić information content (AvgIpc) is 2.72. The fraction of sp³-hybridized carbons (Fsp3) is 0.720.